The number of hydrogen-bond donors (Lipinski definition) is 2. The number of nitrogens with zero attached hydrogens (tertiary/aromatic N) is 1. The Bertz CT molecular complexity index is 413. The Morgan fingerprint density at radius 1 is 1.00 bits per heavy atom. The fourth-order valence-electron chi connectivity index (χ4n) is 1.44. The number of rotatable bonds is 0. The zero-order chi connectivity index (χ0) is 10.5. The van der Waals surface area contributed by atoms with Gasteiger partial charge in [0, 0.05) is 7.05 Å². The normalized spacial score (nSPS) is 14.8. The molecule has 0 radical (unpaired) electrons. The SMILES string of the molecule is CN1C(=O)c2cc(N)c(N)cc2C1=O. The second-order valence-corrected chi connectivity index (χ2v) is 3.20. The molecule has 1 aromatic carbocycles. The molecule has 0 fully saturated rings. The fourth-order valence-corrected chi connectivity index (χ4v) is 1.44. The third-order valence-electron chi connectivity index (χ3n) is 2.29. The Balaban J connectivity index is 2.71. The van der Waals surface area contributed by atoms with Crippen molar-refractivity contribution in [2.45, 2.75) is 0 Å². The third kappa shape index (κ3) is 0.891. The molecule has 1 heterocycles. The van der Waals surface area contributed by atoms with Gasteiger partial charge in [-0.1, -0.05) is 0 Å². The number of amides is 2. The maximum absolute atomic E-state index is 11.5. The molecule has 0 atom stereocenters. The summed E-state index contributed by atoms with van der Waals surface area (Å²) in [6.45, 7) is 0. The van der Waals surface area contributed by atoms with E-state index >= 15 is 0 Å². The minimum absolute atomic E-state index is 0.320. The Morgan fingerprint density at radius 3 is 1.71 bits per heavy atom. The predicted molar refractivity (Wildman–Crippen MR) is 51.7 cm³/mol. The van der Waals surface area contributed by atoms with Crippen LogP contribution in [0.3, 0.4) is 0 Å². The molecule has 5 heteroatoms. The molecule has 0 saturated carbocycles. The van der Waals surface area contributed by atoms with Crippen molar-refractivity contribution in [3.05, 3.63) is 23.3 Å². The van der Waals surface area contributed by atoms with Crippen molar-refractivity contribution < 1.29 is 9.59 Å². The summed E-state index contributed by atoms with van der Waals surface area (Å²) in [7, 11) is 1.43. The van der Waals surface area contributed by atoms with Crippen LogP contribution >= 0.6 is 0 Å². The highest BCUT2D eigenvalue weighted by Crippen LogP contribution is 2.27. The van der Waals surface area contributed by atoms with Gasteiger partial charge in [0.1, 0.15) is 0 Å². The van der Waals surface area contributed by atoms with E-state index in [9.17, 15) is 9.59 Å². The van der Waals surface area contributed by atoms with Gasteiger partial charge in [-0.15, -0.1) is 0 Å². The van der Waals surface area contributed by atoms with Gasteiger partial charge < -0.3 is 11.5 Å². The number of fused-ring (bicyclic) bond motifs is 1. The van der Waals surface area contributed by atoms with Crippen molar-refractivity contribution in [3.8, 4) is 0 Å². The van der Waals surface area contributed by atoms with Crippen LogP contribution in [0.1, 0.15) is 20.7 Å². The van der Waals surface area contributed by atoms with Crippen LogP contribution in [-0.2, 0) is 0 Å². The number of carbonyl (C=O) groups excluding carboxylic acids is 2. The number of benzene rings is 1. The van der Waals surface area contributed by atoms with Gasteiger partial charge >= 0.3 is 0 Å². The third-order valence-corrected chi connectivity index (χ3v) is 2.29. The quantitative estimate of drug-likeness (QED) is 0.448. The monoisotopic (exact) mass is 191 g/mol. The lowest BCUT2D eigenvalue weighted by Crippen LogP contribution is -2.24. The Labute approximate surface area is 80.3 Å². The summed E-state index contributed by atoms with van der Waals surface area (Å²) >= 11 is 0. The zero-order valence-electron chi connectivity index (χ0n) is 7.57. The molecule has 0 aliphatic carbocycles. The molecule has 4 N–H and O–H groups in total. The van der Waals surface area contributed by atoms with Crippen molar-refractivity contribution in [1.82, 2.24) is 4.90 Å². The number of carbonyl (C=O) groups is 2. The van der Waals surface area contributed by atoms with E-state index in [1.165, 1.54) is 19.2 Å². The van der Waals surface area contributed by atoms with Gasteiger partial charge in [-0.05, 0) is 12.1 Å². The summed E-state index contributed by atoms with van der Waals surface area (Å²) in [5.74, 6) is -0.673. The zero-order valence-corrected chi connectivity index (χ0v) is 7.57. The van der Waals surface area contributed by atoms with Gasteiger partial charge in [0.2, 0.25) is 0 Å². The average molecular weight is 191 g/mol. The number of nitrogen functional groups attached to an aromatic ring is 2. The van der Waals surface area contributed by atoms with Crippen molar-refractivity contribution >= 4 is 23.2 Å². The lowest BCUT2D eigenvalue weighted by atomic mass is 10.1. The van der Waals surface area contributed by atoms with E-state index < -0.39 is 0 Å². The number of nitrogens with two attached hydrogens (primary N) is 2. The van der Waals surface area contributed by atoms with E-state index in [1.807, 2.05) is 0 Å². The molecule has 0 bridgehead atoms. The molecule has 1 aliphatic rings. The minimum atomic E-state index is -0.336. The van der Waals surface area contributed by atoms with Crippen LogP contribution in [0.4, 0.5) is 11.4 Å². The van der Waals surface area contributed by atoms with E-state index in [-0.39, 0.29) is 11.8 Å². The van der Waals surface area contributed by atoms with Crippen molar-refractivity contribution in [2.75, 3.05) is 18.5 Å². The van der Waals surface area contributed by atoms with Gasteiger partial charge in [0.25, 0.3) is 11.8 Å². The Morgan fingerprint density at radius 2 is 1.36 bits per heavy atom. The van der Waals surface area contributed by atoms with Crippen LogP contribution in [0.5, 0.6) is 0 Å². The summed E-state index contributed by atoms with van der Waals surface area (Å²) in [5, 5.41) is 0. The smallest absolute Gasteiger partial charge is 0.261 e. The first-order chi connectivity index (χ1) is 6.52. The van der Waals surface area contributed by atoms with Crippen LogP contribution in [0.2, 0.25) is 0 Å². The highest BCUT2D eigenvalue weighted by molar-refractivity contribution is 6.22. The second kappa shape index (κ2) is 2.47. The molecule has 0 aromatic heterocycles. The molecule has 5 nitrogen and oxygen atoms in total. The molecule has 0 unspecified atom stereocenters. The maximum atomic E-state index is 11.5. The fraction of sp³-hybridized carbons (Fsp3) is 0.111. The Kier molecular flexibility index (Phi) is 1.51. The van der Waals surface area contributed by atoms with Gasteiger partial charge in [-0.3, -0.25) is 14.5 Å². The van der Waals surface area contributed by atoms with Crippen molar-refractivity contribution in [3.63, 3.8) is 0 Å². The molecule has 2 rings (SSSR count). The molecule has 1 aromatic rings. The van der Waals surface area contributed by atoms with Crippen LogP contribution in [0.15, 0.2) is 12.1 Å². The first-order valence-corrected chi connectivity index (χ1v) is 4.03. The molecule has 1 aliphatic heterocycles. The van der Waals surface area contributed by atoms with Crippen LogP contribution in [0, 0.1) is 0 Å². The van der Waals surface area contributed by atoms with Crippen LogP contribution < -0.4 is 11.5 Å². The maximum Gasteiger partial charge on any atom is 0.261 e. The highest BCUT2D eigenvalue weighted by atomic mass is 16.2. The number of imide groups is 1. The molecular formula is C9H9N3O2. The van der Waals surface area contributed by atoms with Crippen molar-refractivity contribution in [2.24, 2.45) is 0 Å². The average Bonchev–Trinajstić information content (AvgIpc) is 2.34. The second-order valence-electron chi connectivity index (χ2n) is 3.20. The summed E-state index contributed by atoms with van der Waals surface area (Å²) in [5.41, 5.74) is 12.4. The minimum Gasteiger partial charge on any atom is -0.397 e. The molecule has 14 heavy (non-hydrogen) atoms. The summed E-state index contributed by atoms with van der Waals surface area (Å²) < 4.78 is 0. The van der Waals surface area contributed by atoms with Gasteiger partial charge in [-0.2, -0.15) is 0 Å². The Hall–Kier alpha value is -2.04. The predicted octanol–water partition coefficient (Wildman–Crippen LogP) is 0.0768. The van der Waals surface area contributed by atoms with Gasteiger partial charge in [0.05, 0.1) is 22.5 Å². The summed E-state index contributed by atoms with van der Waals surface area (Å²) in [6.07, 6.45) is 0. The van der Waals surface area contributed by atoms with Crippen LogP contribution in [0.25, 0.3) is 0 Å². The van der Waals surface area contributed by atoms with Crippen molar-refractivity contribution in [1.29, 1.82) is 0 Å². The highest BCUT2D eigenvalue weighted by Gasteiger charge is 2.33. The largest absolute Gasteiger partial charge is 0.397 e. The van der Waals surface area contributed by atoms with Crippen LogP contribution in [-0.4, -0.2) is 23.8 Å². The molecule has 0 spiro atoms. The van der Waals surface area contributed by atoms with E-state index in [2.05, 4.69) is 0 Å². The topological polar surface area (TPSA) is 89.4 Å². The lowest BCUT2D eigenvalue weighted by molar-refractivity contribution is 0.0693. The summed E-state index contributed by atoms with van der Waals surface area (Å²) in [4.78, 5) is 24.0. The molecule has 0 saturated heterocycles. The molecule has 2 amide bonds. The number of hydrogen-bond acceptors (Lipinski definition) is 4. The van der Waals surface area contributed by atoms with E-state index in [4.69, 9.17) is 11.5 Å². The van der Waals surface area contributed by atoms with E-state index in [0.29, 0.717) is 22.5 Å². The number of anilines is 2. The lowest BCUT2D eigenvalue weighted by Gasteiger charge is -2.02. The first-order valence-electron chi connectivity index (χ1n) is 4.03. The molecular weight excluding hydrogens is 182 g/mol. The van der Waals surface area contributed by atoms with Gasteiger partial charge in [-0.25, -0.2) is 0 Å². The summed E-state index contributed by atoms with van der Waals surface area (Å²) in [6, 6.07) is 2.88. The van der Waals surface area contributed by atoms with Gasteiger partial charge in [0.15, 0.2) is 0 Å². The standard InChI is InChI=1S/C9H9N3O2/c1-12-8(13)4-2-6(10)7(11)3-5(4)9(12)14/h2-3H,10-11H2,1H3. The molecule has 72 valence electrons. The van der Waals surface area contributed by atoms with E-state index in [1.54, 1.807) is 0 Å². The first kappa shape index (κ1) is 8.55. The van der Waals surface area contributed by atoms with E-state index in [0.717, 1.165) is 4.90 Å².